The zero-order chi connectivity index (χ0) is 22.6. The van der Waals surface area contributed by atoms with Crippen molar-refractivity contribution in [3.8, 4) is 11.5 Å². The van der Waals surface area contributed by atoms with Gasteiger partial charge in [0, 0.05) is 11.1 Å². The summed E-state index contributed by atoms with van der Waals surface area (Å²) in [6.45, 7) is -0.288. The highest BCUT2D eigenvalue weighted by Gasteiger charge is 2.08. The number of hydrogen-bond acceptors (Lipinski definition) is 7. The summed E-state index contributed by atoms with van der Waals surface area (Å²) in [5.41, 5.74) is 0. The Morgan fingerprint density at radius 3 is 1.94 bits per heavy atom. The molecule has 0 aliphatic rings. The third-order valence-corrected chi connectivity index (χ3v) is 4.74. The van der Waals surface area contributed by atoms with Crippen molar-refractivity contribution in [2.75, 3.05) is 39.6 Å². The van der Waals surface area contributed by atoms with Crippen molar-refractivity contribution in [1.82, 2.24) is 0 Å². The lowest BCUT2D eigenvalue weighted by molar-refractivity contribution is -0.149. The molecular formula is C20H18Cl4O7. The minimum Gasteiger partial charge on any atom is -0.482 e. The maximum absolute atomic E-state index is 11.6. The summed E-state index contributed by atoms with van der Waals surface area (Å²) in [7, 11) is 0. The van der Waals surface area contributed by atoms with Crippen LogP contribution in [0.1, 0.15) is 0 Å². The van der Waals surface area contributed by atoms with Crippen LogP contribution in [0.5, 0.6) is 11.5 Å². The van der Waals surface area contributed by atoms with E-state index in [-0.39, 0.29) is 39.6 Å². The summed E-state index contributed by atoms with van der Waals surface area (Å²) < 4.78 is 25.6. The summed E-state index contributed by atoms with van der Waals surface area (Å²) in [6, 6.07) is 9.29. The quantitative estimate of drug-likeness (QED) is 0.297. The van der Waals surface area contributed by atoms with Crippen molar-refractivity contribution in [3.63, 3.8) is 0 Å². The van der Waals surface area contributed by atoms with Gasteiger partial charge in [0.1, 0.15) is 24.7 Å². The van der Waals surface area contributed by atoms with Gasteiger partial charge >= 0.3 is 11.9 Å². The first-order chi connectivity index (χ1) is 14.8. The lowest BCUT2D eigenvalue weighted by atomic mass is 10.3. The van der Waals surface area contributed by atoms with Crippen LogP contribution in [-0.4, -0.2) is 51.6 Å². The van der Waals surface area contributed by atoms with E-state index >= 15 is 0 Å². The first kappa shape index (κ1) is 25.4. The zero-order valence-electron chi connectivity index (χ0n) is 16.1. The number of benzene rings is 2. The third kappa shape index (κ3) is 9.84. The van der Waals surface area contributed by atoms with Gasteiger partial charge in [0.15, 0.2) is 13.2 Å². The molecule has 168 valence electrons. The van der Waals surface area contributed by atoms with Crippen LogP contribution in [0.2, 0.25) is 20.1 Å². The van der Waals surface area contributed by atoms with Crippen LogP contribution < -0.4 is 9.47 Å². The second-order valence-corrected chi connectivity index (χ2v) is 7.44. The molecule has 31 heavy (non-hydrogen) atoms. The maximum atomic E-state index is 11.6. The van der Waals surface area contributed by atoms with Crippen LogP contribution in [-0.2, 0) is 23.8 Å². The first-order valence-electron chi connectivity index (χ1n) is 8.90. The molecule has 0 fully saturated rings. The van der Waals surface area contributed by atoms with Gasteiger partial charge in [-0.3, -0.25) is 0 Å². The van der Waals surface area contributed by atoms with Gasteiger partial charge in [-0.15, -0.1) is 0 Å². The number of esters is 2. The SMILES string of the molecule is O=C(COc1ccc(Cl)c(Cl)c1)OCCOCCOC(=O)COc1ccc(Cl)cc1Cl. The summed E-state index contributed by atoms with van der Waals surface area (Å²) in [4.78, 5) is 23.2. The second-order valence-electron chi connectivity index (χ2n) is 5.78. The largest absolute Gasteiger partial charge is 0.482 e. The monoisotopic (exact) mass is 510 g/mol. The Kier molecular flexibility index (Phi) is 11.0. The fourth-order valence-corrected chi connectivity index (χ4v) is 2.80. The van der Waals surface area contributed by atoms with Crippen LogP contribution in [0.3, 0.4) is 0 Å². The molecule has 0 spiro atoms. The highest BCUT2D eigenvalue weighted by atomic mass is 35.5. The van der Waals surface area contributed by atoms with Crippen LogP contribution >= 0.6 is 46.4 Å². The third-order valence-electron chi connectivity index (χ3n) is 3.47. The van der Waals surface area contributed by atoms with Crippen LogP contribution in [0, 0.1) is 0 Å². The number of hydrogen-bond donors (Lipinski definition) is 0. The van der Waals surface area contributed by atoms with E-state index < -0.39 is 11.9 Å². The summed E-state index contributed by atoms with van der Waals surface area (Å²) in [6.07, 6.45) is 0. The Morgan fingerprint density at radius 1 is 0.677 bits per heavy atom. The molecular weight excluding hydrogens is 494 g/mol. The molecule has 0 aromatic heterocycles. The molecule has 7 nitrogen and oxygen atoms in total. The van der Waals surface area contributed by atoms with E-state index in [2.05, 4.69) is 0 Å². The Morgan fingerprint density at radius 2 is 1.32 bits per heavy atom. The van der Waals surface area contributed by atoms with Gasteiger partial charge in [0.2, 0.25) is 0 Å². The Labute approximate surface area is 199 Å². The van der Waals surface area contributed by atoms with Gasteiger partial charge in [0.25, 0.3) is 0 Å². The lowest BCUT2D eigenvalue weighted by Crippen LogP contribution is -2.20. The molecule has 0 amide bonds. The molecule has 0 radical (unpaired) electrons. The standard InChI is InChI=1S/C20H18Cl4O7/c21-13-1-4-18(17(24)9-13)31-12-20(26)29-8-6-27-5-7-28-19(25)11-30-14-2-3-15(22)16(23)10-14/h1-4,9-10H,5-8,11-12H2. The molecule has 2 rings (SSSR count). The predicted octanol–water partition coefficient (Wildman–Crippen LogP) is 4.86. The van der Waals surface area contributed by atoms with E-state index in [1.165, 1.54) is 12.1 Å². The van der Waals surface area contributed by atoms with Crippen molar-refractivity contribution in [1.29, 1.82) is 0 Å². The van der Waals surface area contributed by atoms with Crippen molar-refractivity contribution in [2.24, 2.45) is 0 Å². The lowest BCUT2D eigenvalue weighted by Gasteiger charge is -2.09. The average Bonchev–Trinajstić information content (AvgIpc) is 2.73. The normalized spacial score (nSPS) is 10.5. The predicted molar refractivity (Wildman–Crippen MR) is 117 cm³/mol. The zero-order valence-corrected chi connectivity index (χ0v) is 19.1. The first-order valence-corrected chi connectivity index (χ1v) is 10.4. The molecule has 0 atom stereocenters. The number of carbonyl (C=O) groups is 2. The van der Waals surface area contributed by atoms with E-state index in [0.29, 0.717) is 31.6 Å². The molecule has 0 N–H and O–H groups in total. The number of halogens is 4. The topological polar surface area (TPSA) is 80.3 Å². The molecule has 11 heteroatoms. The van der Waals surface area contributed by atoms with E-state index in [1.54, 1.807) is 24.3 Å². The summed E-state index contributed by atoms with van der Waals surface area (Å²) in [5.74, 6) is -0.435. The Hall–Kier alpha value is -1.90. The summed E-state index contributed by atoms with van der Waals surface area (Å²) in [5, 5.41) is 1.46. The minimum atomic E-state index is -0.583. The second kappa shape index (κ2) is 13.5. The maximum Gasteiger partial charge on any atom is 0.344 e. The highest BCUT2D eigenvalue weighted by molar-refractivity contribution is 6.42. The van der Waals surface area contributed by atoms with Gasteiger partial charge in [-0.05, 0) is 30.3 Å². The van der Waals surface area contributed by atoms with Crippen LogP contribution in [0.4, 0.5) is 0 Å². The average molecular weight is 512 g/mol. The molecule has 0 saturated carbocycles. The number of ether oxygens (including phenoxy) is 5. The van der Waals surface area contributed by atoms with Crippen molar-refractivity contribution < 1.29 is 33.3 Å². The van der Waals surface area contributed by atoms with Gasteiger partial charge in [-0.2, -0.15) is 0 Å². The fraction of sp³-hybridized carbons (Fsp3) is 0.300. The van der Waals surface area contributed by atoms with Gasteiger partial charge in [-0.25, -0.2) is 9.59 Å². The minimum absolute atomic E-state index is 0.0188. The van der Waals surface area contributed by atoms with E-state index in [0.717, 1.165) is 0 Å². The number of rotatable bonds is 12. The molecule has 0 aliphatic carbocycles. The van der Waals surface area contributed by atoms with Gasteiger partial charge < -0.3 is 23.7 Å². The number of carbonyl (C=O) groups excluding carboxylic acids is 2. The molecule has 2 aromatic rings. The van der Waals surface area contributed by atoms with Crippen molar-refractivity contribution in [3.05, 3.63) is 56.5 Å². The molecule has 0 bridgehead atoms. The van der Waals surface area contributed by atoms with E-state index in [4.69, 9.17) is 70.1 Å². The molecule has 0 heterocycles. The van der Waals surface area contributed by atoms with Gasteiger partial charge in [0.05, 0.1) is 28.3 Å². The molecule has 0 unspecified atom stereocenters. The van der Waals surface area contributed by atoms with E-state index in [9.17, 15) is 9.59 Å². The smallest absolute Gasteiger partial charge is 0.344 e. The van der Waals surface area contributed by atoms with Crippen LogP contribution in [0.15, 0.2) is 36.4 Å². The Bertz CT molecular complexity index is 892. The summed E-state index contributed by atoms with van der Waals surface area (Å²) >= 11 is 23.4. The Balaban J connectivity index is 1.48. The molecule has 2 aromatic carbocycles. The molecule has 0 saturated heterocycles. The van der Waals surface area contributed by atoms with Crippen molar-refractivity contribution >= 4 is 58.3 Å². The van der Waals surface area contributed by atoms with Crippen molar-refractivity contribution in [2.45, 2.75) is 0 Å². The molecule has 0 aliphatic heterocycles. The van der Waals surface area contributed by atoms with E-state index in [1.807, 2.05) is 0 Å². The fourth-order valence-electron chi connectivity index (χ4n) is 2.05. The highest BCUT2D eigenvalue weighted by Crippen LogP contribution is 2.27. The van der Waals surface area contributed by atoms with Crippen LogP contribution in [0.25, 0.3) is 0 Å². The van der Waals surface area contributed by atoms with Gasteiger partial charge in [-0.1, -0.05) is 46.4 Å².